The van der Waals surface area contributed by atoms with Crippen molar-refractivity contribution in [3.63, 3.8) is 0 Å². The Morgan fingerprint density at radius 3 is 2.58 bits per heavy atom. The van der Waals surface area contributed by atoms with Gasteiger partial charge in [0, 0.05) is 5.69 Å². The maximum atomic E-state index is 10.6. The van der Waals surface area contributed by atoms with Crippen LogP contribution in [0, 0.1) is 0 Å². The van der Waals surface area contributed by atoms with Gasteiger partial charge in [0.05, 0.1) is 6.54 Å². The summed E-state index contributed by atoms with van der Waals surface area (Å²) in [5, 5.41) is 3.20. The van der Waals surface area contributed by atoms with Crippen LogP contribution in [-0.2, 0) is 11.3 Å². The summed E-state index contributed by atoms with van der Waals surface area (Å²) in [5.74, 6) is 0.941. The second-order valence-corrected chi connectivity index (χ2v) is 4.62. The first-order valence-corrected chi connectivity index (χ1v) is 6.42. The first-order chi connectivity index (χ1) is 9.13. The van der Waals surface area contributed by atoms with Crippen molar-refractivity contribution in [1.29, 1.82) is 0 Å². The van der Waals surface area contributed by atoms with E-state index in [1.807, 2.05) is 24.3 Å². The highest BCUT2D eigenvalue weighted by atomic mass is 79.9. The number of hydrogen-bond acceptors (Lipinski definition) is 4. The van der Waals surface area contributed by atoms with E-state index in [-0.39, 0.29) is 6.61 Å². The predicted molar refractivity (Wildman–Crippen MR) is 74.9 cm³/mol. The Morgan fingerprint density at radius 1 is 1.26 bits per heavy atom. The van der Waals surface area contributed by atoms with Gasteiger partial charge in [0.15, 0.2) is 11.3 Å². The molecule has 19 heavy (non-hydrogen) atoms. The van der Waals surface area contributed by atoms with E-state index in [1.165, 1.54) is 0 Å². The third-order valence-electron chi connectivity index (χ3n) is 2.33. The largest absolute Gasteiger partial charge is 0.484 e. The number of amides is 1. The van der Waals surface area contributed by atoms with Crippen LogP contribution >= 0.6 is 15.9 Å². The lowest BCUT2D eigenvalue weighted by molar-refractivity contribution is -0.119. The van der Waals surface area contributed by atoms with Crippen LogP contribution in [0.3, 0.4) is 0 Å². The summed E-state index contributed by atoms with van der Waals surface area (Å²) >= 11 is 3.25. The number of nitrogens with two attached hydrogens (primary N) is 1. The molecule has 2 rings (SSSR count). The molecule has 1 amide bonds. The van der Waals surface area contributed by atoms with Crippen molar-refractivity contribution >= 4 is 27.5 Å². The lowest BCUT2D eigenvalue weighted by Crippen LogP contribution is -2.19. The highest BCUT2D eigenvalue weighted by molar-refractivity contribution is 9.10. The minimum Gasteiger partial charge on any atom is -0.484 e. The molecule has 3 N–H and O–H groups in total. The number of benzene rings is 1. The van der Waals surface area contributed by atoms with Crippen molar-refractivity contribution in [2.24, 2.45) is 5.73 Å². The molecule has 1 aromatic carbocycles. The Hall–Kier alpha value is -1.95. The van der Waals surface area contributed by atoms with Gasteiger partial charge in [0.25, 0.3) is 5.91 Å². The molecule has 0 fully saturated rings. The number of nitrogens with one attached hydrogen (secondary N) is 1. The first kappa shape index (κ1) is 13.5. The molecule has 0 aliphatic rings. The summed E-state index contributed by atoms with van der Waals surface area (Å²) < 4.78 is 11.2. The number of ether oxygens (including phenoxy) is 1. The summed E-state index contributed by atoms with van der Waals surface area (Å²) in [4.78, 5) is 10.6. The molecular weight excluding hydrogens is 312 g/mol. The number of rotatable bonds is 6. The zero-order valence-electron chi connectivity index (χ0n) is 10.1. The molecule has 0 aliphatic carbocycles. The molecule has 0 saturated carbocycles. The van der Waals surface area contributed by atoms with E-state index in [0.717, 1.165) is 11.4 Å². The molecule has 100 valence electrons. The van der Waals surface area contributed by atoms with Gasteiger partial charge in [0.2, 0.25) is 0 Å². The number of halogens is 1. The van der Waals surface area contributed by atoms with Crippen molar-refractivity contribution in [3.8, 4) is 5.75 Å². The summed E-state index contributed by atoms with van der Waals surface area (Å²) in [6.45, 7) is 0.473. The molecule has 6 heteroatoms. The van der Waals surface area contributed by atoms with E-state index in [2.05, 4.69) is 21.2 Å². The van der Waals surface area contributed by atoms with Crippen LogP contribution in [-0.4, -0.2) is 12.5 Å². The Morgan fingerprint density at radius 2 is 2.00 bits per heavy atom. The second-order valence-electron chi connectivity index (χ2n) is 3.84. The van der Waals surface area contributed by atoms with Crippen LogP contribution in [0.2, 0.25) is 0 Å². The highest BCUT2D eigenvalue weighted by Crippen LogP contribution is 2.18. The number of anilines is 1. The number of furan rings is 1. The normalized spacial score (nSPS) is 10.2. The number of primary amides is 1. The van der Waals surface area contributed by atoms with E-state index in [9.17, 15) is 4.79 Å². The third-order valence-corrected chi connectivity index (χ3v) is 2.76. The highest BCUT2D eigenvalue weighted by Gasteiger charge is 2.01. The van der Waals surface area contributed by atoms with Crippen molar-refractivity contribution in [1.82, 2.24) is 0 Å². The molecule has 5 nitrogen and oxygen atoms in total. The molecule has 0 unspecified atom stereocenters. The van der Waals surface area contributed by atoms with Gasteiger partial charge < -0.3 is 20.2 Å². The standard InChI is InChI=1S/C13H13BrN2O3/c14-12-6-5-11(19-12)7-16-9-1-3-10(4-2-9)18-8-13(15)17/h1-6,16H,7-8H2,(H2,15,17). The second kappa shape index (κ2) is 6.29. The minimum absolute atomic E-state index is 0.118. The summed E-state index contributed by atoms with van der Waals surface area (Å²) in [5.41, 5.74) is 5.92. The fourth-order valence-corrected chi connectivity index (χ4v) is 1.80. The topological polar surface area (TPSA) is 77.5 Å². The Labute approximate surface area is 118 Å². The van der Waals surface area contributed by atoms with E-state index in [0.29, 0.717) is 17.0 Å². The zero-order valence-corrected chi connectivity index (χ0v) is 11.6. The van der Waals surface area contributed by atoms with Crippen LogP contribution in [0.5, 0.6) is 5.75 Å². The Balaban J connectivity index is 1.86. The summed E-state index contributed by atoms with van der Waals surface area (Å²) in [7, 11) is 0. The van der Waals surface area contributed by atoms with Gasteiger partial charge in [-0.05, 0) is 52.3 Å². The Kier molecular flexibility index (Phi) is 4.46. The van der Waals surface area contributed by atoms with Gasteiger partial charge in [-0.25, -0.2) is 0 Å². The number of carbonyl (C=O) groups excluding carboxylic acids is 1. The van der Waals surface area contributed by atoms with Gasteiger partial charge in [-0.15, -0.1) is 0 Å². The van der Waals surface area contributed by atoms with Crippen molar-refractivity contribution in [2.75, 3.05) is 11.9 Å². The first-order valence-electron chi connectivity index (χ1n) is 5.63. The maximum Gasteiger partial charge on any atom is 0.255 e. The average molecular weight is 325 g/mol. The SMILES string of the molecule is NC(=O)COc1ccc(NCc2ccc(Br)o2)cc1. The smallest absolute Gasteiger partial charge is 0.255 e. The maximum absolute atomic E-state index is 10.6. The van der Waals surface area contributed by atoms with Gasteiger partial charge >= 0.3 is 0 Å². The Bertz CT molecular complexity index is 551. The van der Waals surface area contributed by atoms with Crippen molar-refractivity contribution in [2.45, 2.75) is 6.54 Å². The molecule has 2 aromatic rings. The number of carbonyl (C=O) groups is 1. The molecule has 0 atom stereocenters. The number of hydrogen-bond donors (Lipinski definition) is 2. The minimum atomic E-state index is -0.495. The molecule has 0 radical (unpaired) electrons. The molecule has 0 aliphatic heterocycles. The van der Waals surface area contributed by atoms with Crippen LogP contribution < -0.4 is 15.8 Å². The molecule has 1 aromatic heterocycles. The summed E-state index contributed by atoms with van der Waals surface area (Å²) in [6, 6.07) is 11.0. The van der Waals surface area contributed by atoms with Crippen LogP contribution in [0.4, 0.5) is 5.69 Å². The zero-order chi connectivity index (χ0) is 13.7. The third kappa shape index (κ3) is 4.33. The van der Waals surface area contributed by atoms with Crippen molar-refractivity contribution in [3.05, 3.63) is 46.8 Å². The van der Waals surface area contributed by atoms with Gasteiger partial charge in [-0.3, -0.25) is 4.79 Å². The van der Waals surface area contributed by atoms with Crippen LogP contribution in [0.25, 0.3) is 0 Å². The lowest BCUT2D eigenvalue weighted by Gasteiger charge is -2.07. The van der Waals surface area contributed by atoms with Gasteiger partial charge in [0.1, 0.15) is 11.5 Å². The van der Waals surface area contributed by atoms with E-state index in [1.54, 1.807) is 12.1 Å². The van der Waals surface area contributed by atoms with Crippen molar-refractivity contribution < 1.29 is 13.9 Å². The molecular formula is C13H13BrN2O3. The van der Waals surface area contributed by atoms with Crippen LogP contribution in [0.1, 0.15) is 5.76 Å². The lowest BCUT2D eigenvalue weighted by atomic mass is 10.3. The molecule has 0 bridgehead atoms. The average Bonchev–Trinajstić information content (AvgIpc) is 2.81. The monoisotopic (exact) mass is 324 g/mol. The summed E-state index contributed by atoms with van der Waals surface area (Å²) in [6.07, 6.45) is 0. The molecule has 0 saturated heterocycles. The quantitative estimate of drug-likeness (QED) is 0.855. The predicted octanol–water partition coefficient (Wildman–Crippen LogP) is 2.52. The van der Waals surface area contributed by atoms with Gasteiger partial charge in [-0.1, -0.05) is 0 Å². The van der Waals surface area contributed by atoms with E-state index in [4.69, 9.17) is 14.9 Å². The fraction of sp³-hybridized carbons (Fsp3) is 0.154. The van der Waals surface area contributed by atoms with Gasteiger partial charge in [-0.2, -0.15) is 0 Å². The molecule has 1 heterocycles. The molecule has 0 spiro atoms. The van der Waals surface area contributed by atoms with Crippen LogP contribution in [0.15, 0.2) is 45.5 Å². The fourth-order valence-electron chi connectivity index (χ4n) is 1.46. The van der Waals surface area contributed by atoms with E-state index >= 15 is 0 Å². The van der Waals surface area contributed by atoms with E-state index < -0.39 is 5.91 Å².